The summed E-state index contributed by atoms with van der Waals surface area (Å²) < 4.78 is 0. The predicted octanol–water partition coefficient (Wildman–Crippen LogP) is 3.02. The Morgan fingerprint density at radius 1 is 1.05 bits per heavy atom. The molecule has 2 N–H and O–H groups in total. The van der Waals surface area contributed by atoms with E-state index in [9.17, 15) is 9.59 Å². The standard InChI is InChI=1S/C15H20O4/c1-10(2)11-4-6-12(7-5-11)15(3,8-13(16)17)9-14(18)19/h4-7,10H,8-9H2,1-3H3,(H,16,17)(H,18,19). The highest BCUT2D eigenvalue weighted by atomic mass is 16.4. The van der Waals surface area contributed by atoms with E-state index in [-0.39, 0.29) is 12.8 Å². The molecular weight excluding hydrogens is 244 g/mol. The van der Waals surface area contributed by atoms with E-state index in [0.717, 1.165) is 11.1 Å². The topological polar surface area (TPSA) is 74.6 Å². The molecule has 4 nitrogen and oxygen atoms in total. The van der Waals surface area contributed by atoms with Gasteiger partial charge in [0.25, 0.3) is 0 Å². The average Bonchev–Trinajstić information content (AvgIpc) is 2.26. The lowest BCUT2D eigenvalue weighted by atomic mass is 9.76. The zero-order valence-corrected chi connectivity index (χ0v) is 11.5. The van der Waals surface area contributed by atoms with Crippen LogP contribution in [0.2, 0.25) is 0 Å². The van der Waals surface area contributed by atoms with Crippen molar-refractivity contribution in [1.82, 2.24) is 0 Å². The highest BCUT2D eigenvalue weighted by Gasteiger charge is 2.32. The van der Waals surface area contributed by atoms with Crippen molar-refractivity contribution in [1.29, 1.82) is 0 Å². The van der Waals surface area contributed by atoms with Crippen LogP contribution >= 0.6 is 0 Å². The van der Waals surface area contributed by atoms with Crippen LogP contribution in [-0.4, -0.2) is 22.2 Å². The molecule has 1 aromatic carbocycles. The van der Waals surface area contributed by atoms with E-state index in [1.165, 1.54) is 0 Å². The minimum absolute atomic E-state index is 0.194. The number of carboxylic acids is 2. The lowest BCUT2D eigenvalue weighted by Crippen LogP contribution is -2.29. The van der Waals surface area contributed by atoms with Gasteiger partial charge in [-0.2, -0.15) is 0 Å². The zero-order valence-electron chi connectivity index (χ0n) is 11.5. The van der Waals surface area contributed by atoms with Gasteiger partial charge >= 0.3 is 11.9 Å². The van der Waals surface area contributed by atoms with Crippen molar-refractivity contribution in [2.45, 2.75) is 44.9 Å². The Balaban J connectivity index is 3.09. The summed E-state index contributed by atoms with van der Waals surface area (Å²) in [6.07, 6.45) is -0.388. The molecule has 4 heteroatoms. The fraction of sp³-hybridized carbons (Fsp3) is 0.467. The Morgan fingerprint density at radius 2 is 1.47 bits per heavy atom. The summed E-state index contributed by atoms with van der Waals surface area (Å²) in [5.41, 5.74) is 1.02. The SMILES string of the molecule is CC(C)c1ccc(C(C)(CC(=O)O)CC(=O)O)cc1. The second-order valence-corrected chi connectivity index (χ2v) is 5.48. The largest absolute Gasteiger partial charge is 0.481 e. The monoisotopic (exact) mass is 264 g/mol. The van der Waals surface area contributed by atoms with Crippen LogP contribution in [0.1, 0.15) is 50.7 Å². The van der Waals surface area contributed by atoms with Crippen LogP contribution < -0.4 is 0 Å². The van der Waals surface area contributed by atoms with E-state index >= 15 is 0 Å². The third-order valence-electron chi connectivity index (χ3n) is 3.36. The van der Waals surface area contributed by atoms with Gasteiger partial charge in [-0.1, -0.05) is 45.0 Å². The van der Waals surface area contributed by atoms with Crippen LogP contribution in [-0.2, 0) is 15.0 Å². The summed E-state index contributed by atoms with van der Waals surface area (Å²) >= 11 is 0. The highest BCUT2D eigenvalue weighted by Crippen LogP contribution is 2.32. The molecule has 0 aromatic heterocycles. The lowest BCUT2D eigenvalue weighted by Gasteiger charge is -2.27. The summed E-state index contributed by atoms with van der Waals surface area (Å²) in [4.78, 5) is 21.9. The molecule has 0 saturated carbocycles. The number of hydrogen-bond donors (Lipinski definition) is 2. The average molecular weight is 264 g/mol. The molecule has 104 valence electrons. The van der Waals surface area contributed by atoms with Crippen molar-refractivity contribution in [3.8, 4) is 0 Å². The molecule has 0 unspecified atom stereocenters. The smallest absolute Gasteiger partial charge is 0.304 e. The molecule has 19 heavy (non-hydrogen) atoms. The minimum atomic E-state index is -0.989. The summed E-state index contributed by atoms with van der Waals surface area (Å²) in [7, 11) is 0. The molecule has 1 rings (SSSR count). The molecule has 0 saturated heterocycles. The van der Waals surface area contributed by atoms with Crippen LogP contribution in [0.25, 0.3) is 0 Å². The molecule has 0 heterocycles. The molecule has 0 fully saturated rings. The van der Waals surface area contributed by atoms with Gasteiger partial charge in [-0.05, 0) is 17.0 Å². The lowest BCUT2D eigenvalue weighted by molar-refractivity contribution is -0.141. The van der Waals surface area contributed by atoms with Gasteiger partial charge in [-0.15, -0.1) is 0 Å². The van der Waals surface area contributed by atoms with E-state index in [2.05, 4.69) is 13.8 Å². The number of benzene rings is 1. The number of carbonyl (C=O) groups is 2. The third-order valence-corrected chi connectivity index (χ3v) is 3.36. The molecule has 0 aliphatic carbocycles. The summed E-state index contributed by atoms with van der Waals surface area (Å²) in [6, 6.07) is 7.53. The maximum atomic E-state index is 11.0. The Kier molecular flexibility index (Phi) is 4.70. The quantitative estimate of drug-likeness (QED) is 0.828. The van der Waals surface area contributed by atoms with Gasteiger partial charge in [0.15, 0.2) is 0 Å². The second-order valence-electron chi connectivity index (χ2n) is 5.48. The maximum Gasteiger partial charge on any atom is 0.304 e. The maximum absolute atomic E-state index is 11.0. The molecule has 0 spiro atoms. The Morgan fingerprint density at radius 3 is 1.79 bits per heavy atom. The third kappa shape index (κ3) is 4.09. The van der Waals surface area contributed by atoms with E-state index in [0.29, 0.717) is 5.92 Å². The molecule has 0 bridgehead atoms. The van der Waals surface area contributed by atoms with Crippen molar-refractivity contribution >= 4 is 11.9 Å². The molecule has 0 aliphatic heterocycles. The summed E-state index contributed by atoms with van der Waals surface area (Å²) in [6.45, 7) is 5.82. The van der Waals surface area contributed by atoms with Crippen LogP contribution in [0.4, 0.5) is 0 Å². The van der Waals surface area contributed by atoms with Crippen molar-refractivity contribution < 1.29 is 19.8 Å². The van der Waals surface area contributed by atoms with Crippen LogP contribution in [0.15, 0.2) is 24.3 Å². The van der Waals surface area contributed by atoms with Gasteiger partial charge in [-0.25, -0.2) is 0 Å². The summed E-state index contributed by atoms with van der Waals surface area (Å²) in [5, 5.41) is 17.9. The second kappa shape index (κ2) is 5.87. The van der Waals surface area contributed by atoms with E-state index in [1.807, 2.05) is 24.3 Å². The van der Waals surface area contributed by atoms with Crippen molar-refractivity contribution in [3.63, 3.8) is 0 Å². The van der Waals surface area contributed by atoms with Gasteiger partial charge < -0.3 is 10.2 Å². The molecular formula is C15H20O4. The fourth-order valence-corrected chi connectivity index (χ4v) is 2.20. The normalized spacial score (nSPS) is 11.6. The van der Waals surface area contributed by atoms with Gasteiger partial charge in [-0.3, -0.25) is 9.59 Å². The number of carboxylic acid groups (broad SMARTS) is 2. The van der Waals surface area contributed by atoms with E-state index in [4.69, 9.17) is 10.2 Å². The first-order chi connectivity index (χ1) is 8.74. The van der Waals surface area contributed by atoms with Crippen molar-refractivity contribution in [2.75, 3.05) is 0 Å². The Bertz CT molecular complexity index is 444. The van der Waals surface area contributed by atoms with Crippen LogP contribution in [0.3, 0.4) is 0 Å². The van der Waals surface area contributed by atoms with Crippen LogP contribution in [0.5, 0.6) is 0 Å². The Labute approximate surface area is 113 Å². The first kappa shape index (κ1) is 15.2. The van der Waals surface area contributed by atoms with Crippen LogP contribution in [0, 0.1) is 0 Å². The molecule has 0 radical (unpaired) electrons. The fourth-order valence-electron chi connectivity index (χ4n) is 2.20. The van der Waals surface area contributed by atoms with Gasteiger partial charge in [0.2, 0.25) is 0 Å². The number of aliphatic carboxylic acids is 2. The molecule has 0 amide bonds. The predicted molar refractivity (Wildman–Crippen MR) is 72.4 cm³/mol. The van der Waals surface area contributed by atoms with Crippen molar-refractivity contribution in [2.24, 2.45) is 0 Å². The van der Waals surface area contributed by atoms with E-state index < -0.39 is 17.4 Å². The molecule has 1 aromatic rings. The first-order valence-electron chi connectivity index (χ1n) is 6.28. The minimum Gasteiger partial charge on any atom is -0.481 e. The molecule has 0 aliphatic rings. The van der Waals surface area contributed by atoms with Gasteiger partial charge in [0, 0.05) is 5.41 Å². The molecule has 0 atom stereocenters. The van der Waals surface area contributed by atoms with Gasteiger partial charge in [0.05, 0.1) is 12.8 Å². The zero-order chi connectivity index (χ0) is 14.6. The number of rotatable bonds is 6. The van der Waals surface area contributed by atoms with Gasteiger partial charge in [0.1, 0.15) is 0 Å². The summed E-state index contributed by atoms with van der Waals surface area (Å²) in [5.74, 6) is -1.59. The number of hydrogen-bond acceptors (Lipinski definition) is 2. The first-order valence-corrected chi connectivity index (χ1v) is 6.28. The Hall–Kier alpha value is -1.84. The van der Waals surface area contributed by atoms with E-state index in [1.54, 1.807) is 6.92 Å². The highest BCUT2D eigenvalue weighted by molar-refractivity contribution is 5.74. The van der Waals surface area contributed by atoms with Crippen molar-refractivity contribution in [3.05, 3.63) is 35.4 Å².